The van der Waals surface area contributed by atoms with Crippen LogP contribution in [0.3, 0.4) is 0 Å². The Kier molecular flexibility index (Phi) is 3.25. The first-order valence-corrected chi connectivity index (χ1v) is 6.02. The molecule has 0 saturated heterocycles. The summed E-state index contributed by atoms with van der Waals surface area (Å²) in [6.45, 7) is 0. The first-order valence-electron chi connectivity index (χ1n) is 4.80. The minimum absolute atomic E-state index is 0.299. The predicted molar refractivity (Wildman–Crippen MR) is 63.6 cm³/mol. The molecule has 0 unspecified atom stereocenters. The van der Waals surface area contributed by atoms with Gasteiger partial charge in [-0.05, 0) is 42.2 Å². The molecule has 82 valence electrons. The van der Waals surface area contributed by atoms with Gasteiger partial charge in [-0.15, -0.1) is 11.8 Å². The van der Waals surface area contributed by atoms with Crippen LogP contribution in [-0.2, 0) is 0 Å². The van der Waals surface area contributed by atoms with Crippen LogP contribution in [0.25, 0.3) is 11.1 Å². The lowest BCUT2D eigenvalue weighted by molar-refractivity contribution is 0.603. The van der Waals surface area contributed by atoms with Crippen molar-refractivity contribution >= 4 is 11.8 Å². The van der Waals surface area contributed by atoms with E-state index < -0.39 is 11.6 Å². The summed E-state index contributed by atoms with van der Waals surface area (Å²) in [5.41, 5.74) is 0.988. The van der Waals surface area contributed by atoms with Gasteiger partial charge in [0, 0.05) is 10.5 Å². The van der Waals surface area contributed by atoms with E-state index in [0.717, 1.165) is 17.0 Å². The zero-order chi connectivity index (χ0) is 11.5. The number of thioether (sulfide) groups is 1. The Morgan fingerprint density at radius 1 is 0.938 bits per heavy atom. The molecule has 0 nitrogen and oxygen atoms in total. The standard InChI is InChI=1S/C13H10F2S/c1-16-11-5-2-9(3-6-11)12-8-10(14)4-7-13(12)15/h2-8H,1H3. The molecule has 2 rings (SSSR count). The maximum absolute atomic E-state index is 13.5. The van der Waals surface area contributed by atoms with Crippen LogP contribution in [0, 0.1) is 11.6 Å². The summed E-state index contributed by atoms with van der Waals surface area (Å²) in [7, 11) is 0. The van der Waals surface area contributed by atoms with Gasteiger partial charge in [0.1, 0.15) is 11.6 Å². The zero-order valence-electron chi connectivity index (χ0n) is 8.71. The fourth-order valence-corrected chi connectivity index (χ4v) is 1.90. The molecule has 0 radical (unpaired) electrons. The highest BCUT2D eigenvalue weighted by molar-refractivity contribution is 7.98. The highest BCUT2D eigenvalue weighted by atomic mass is 32.2. The van der Waals surface area contributed by atoms with Crippen molar-refractivity contribution in [3.05, 3.63) is 54.1 Å². The van der Waals surface area contributed by atoms with Gasteiger partial charge in [0.2, 0.25) is 0 Å². The number of halogens is 2. The number of hydrogen-bond acceptors (Lipinski definition) is 1. The van der Waals surface area contributed by atoms with Crippen molar-refractivity contribution in [2.75, 3.05) is 6.26 Å². The molecular weight excluding hydrogens is 226 g/mol. The van der Waals surface area contributed by atoms with Crippen LogP contribution in [0.15, 0.2) is 47.4 Å². The van der Waals surface area contributed by atoms with Crippen LogP contribution in [0.4, 0.5) is 8.78 Å². The van der Waals surface area contributed by atoms with Gasteiger partial charge in [-0.1, -0.05) is 12.1 Å². The maximum Gasteiger partial charge on any atom is 0.131 e. The SMILES string of the molecule is CSc1ccc(-c2cc(F)ccc2F)cc1. The minimum atomic E-state index is -0.426. The van der Waals surface area contributed by atoms with Gasteiger partial charge < -0.3 is 0 Å². The molecule has 0 bridgehead atoms. The molecule has 0 aromatic heterocycles. The quantitative estimate of drug-likeness (QED) is 0.698. The monoisotopic (exact) mass is 236 g/mol. The van der Waals surface area contributed by atoms with E-state index in [1.165, 1.54) is 6.07 Å². The Bertz CT molecular complexity index is 492. The van der Waals surface area contributed by atoms with Crippen molar-refractivity contribution in [3.63, 3.8) is 0 Å². The van der Waals surface area contributed by atoms with Crippen LogP contribution in [0.1, 0.15) is 0 Å². The minimum Gasteiger partial charge on any atom is -0.207 e. The highest BCUT2D eigenvalue weighted by Crippen LogP contribution is 2.25. The summed E-state index contributed by atoms with van der Waals surface area (Å²) in [6.07, 6.45) is 1.97. The Morgan fingerprint density at radius 3 is 2.25 bits per heavy atom. The van der Waals surface area contributed by atoms with E-state index >= 15 is 0 Å². The average molecular weight is 236 g/mol. The second-order valence-electron chi connectivity index (χ2n) is 3.35. The third kappa shape index (κ3) is 2.25. The maximum atomic E-state index is 13.5. The lowest BCUT2D eigenvalue weighted by atomic mass is 10.1. The third-order valence-electron chi connectivity index (χ3n) is 2.33. The van der Waals surface area contributed by atoms with E-state index in [-0.39, 0.29) is 0 Å². The molecule has 0 atom stereocenters. The van der Waals surface area contributed by atoms with E-state index in [9.17, 15) is 8.78 Å². The smallest absolute Gasteiger partial charge is 0.131 e. The van der Waals surface area contributed by atoms with Crippen LogP contribution >= 0.6 is 11.8 Å². The molecule has 0 spiro atoms. The topological polar surface area (TPSA) is 0 Å². The molecule has 0 heterocycles. The lowest BCUT2D eigenvalue weighted by Gasteiger charge is -2.04. The molecule has 0 aliphatic rings. The van der Waals surface area contributed by atoms with Crippen molar-refractivity contribution in [1.29, 1.82) is 0 Å². The van der Waals surface area contributed by atoms with Crippen LogP contribution in [-0.4, -0.2) is 6.26 Å². The van der Waals surface area contributed by atoms with Gasteiger partial charge >= 0.3 is 0 Å². The first-order chi connectivity index (χ1) is 7.70. The van der Waals surface area contributed by atoms with Gasteiger partial charge in [0.15, 0.2) is 0 Å². The van der Waals surface area contributed by atoms with Crippen molar-refractivity contribution in [2.45, 2.75) is 4.90 Å². The van der Waals surface area contributed by atoms with Gasteiger partial charge in [-0.25, -0.2) is 8.78 Å². The Morgan fingerprint density at radius 2 is 1.62 bits per heavy atom. The zero-order valence-corrected chi connectivity index (χ0v) is 9.52. The first kappa shape index (κ1) is 11.1. The lowest BCUT2D eigenvalue weighted by Crippen LogP contribution is -1.86. The Labute approximate surface area is 97.3 Å². The number of hydrogen-bond donors (Lipinski definition) is 0. The Balaban J connectivity index is 2.45. The van der Waals surface area contributed by atoms with Crippen molar-refractivity contribution in [2.24, 2.45) is 0 Å². The molecule has 16 heavy (non-hydrogen) atoms. The summed E-state index contributed by atoms with van der Waals surface area (Å²) >= 11 is 1.61. The molecule has 0 aliphatic heterocycles. The highest BCUT2D eigenvalue weighted by Gasteiger charge is 2.06. The van der Waals surface area contributed by atoms with Crippen molar-refractivity contribution in [1.82, 2.24) is 0 Å². The molecule has 3 heteroatoms. The summed E-state index contributed by atoms with van der Waals surface area (Å²) in [5.74, 6) is -0.830. The van der Waals surface area contributed by atoms with E-state index in [4.69, 9.17) is 0 Å². The summed E-state index contributed by atoms with van der Waals surface area (Å²) in [5, 5.41) is 0. The van der Waals surface area contributed by atoms with Gasteiger partial charge in [0.25, 0.3) is 0 Å². The second kappa shape index (κ2) is 4.66. The molecule has 0 N–H and O–H groups in total. The number of benzene rings is 2. The van der Waals surface area contributed by atoms with Crippen molar-refractivity contribution < 1.29 is 8.78 Å². The van der Waals surface area contributed by atoms with E-state index in [1.54, 1.807) is 23.9 Å². The normalized spacial score (nSPS) is 10.4. The fraction of sp³-hybridized carbons (Fsp3) is 0.0769. The molecule has 0 aliphatic carbocycles. The van der Waals surface area contributed by atoms with Gasteiger partial charge in [-0.3, -0.25) is 0 Å². The molecule has 0 fully saturated rings. The second-order valence-corrected chi connectivity index (χ2v) is 4.23. The van der Waals surface area contributed by atoms with Gasteiger partial charge in [0.05, 0.1) is 0 Å². The summed E-state index contributed by atoms with van der Waals surface area (Å²) in [4.78, 5) is 1.10. The third-order valence-corrected chi connectivity index (χ3v) is 3.07. The van der Waals surface area contributed by atoms with E-state index in [0.29, 0.717) is 11.1 Å². The number of rotatable bonds is 2. The molecular formula is C13H10F2S. The molecule has 2 aromatic rings. The largest absolute Gasteiger partial charge is 0.207 e. The van der Waals surface area contributed by atoms with Crippen LogP contribution in [0.2, 0.25) is 0 Å². The Hall–Kier alpha value is -1.35. The molecule has 0 amide bonds. The predicted octanol–water partition coefficient (Wildman–Crippen LogP) is 4.35. The van der Waals surface area contributed by atoms with Crippen LogP contribution < -0.4 is 0 Å². The van der Waals surface area contributed by atoms with Crippen molar-refractivity contribution in [3.8, 4) is 11.1 Å². The summed E-state index contributed by atoms with van der Waals surface area (Å²) in [6, 6.07) is 10.9. The van der Waals surface area contributed by atoms with Crippen LogP contribution in [0.5, 0.6) is 0 Å². The average Bonchev–Trinajstić information content (AvgIpc) is 2.32. The van der Waals surface area contributed by atoms with Gasteiger partial charge in [-0.2, -0.15) is 0 Å². The van der Waals surface area contributed by atoms with E-state index in [2.05, 4.69) is 0 Å². The fourth-order valence-electron chi connectivity index (χ4n) is 1.49. The molecule has 2 aromatic carbocycles. The molecule has 0 saturated carbocycles. The summed E-state index contributed by atoms with van der Waals surface area (Å²) < 4.78 is 26.5. The van der Waals surface area contributed by atoms with E-state index in [1.807, 2.05) is 18.4 Å².